The summed E-state index contributed by atoms with van der Waals surface area (Å²) in [7, 11) is 0. The van der Waals surface area contributed by atoms with Gasteiger partial charge in [-0.1, -0.05) is 0 Å². The fourth-order valence-electron chi connectivity index (χ4n) is 2.66. The highest BCUT2D eigenvalue weighted by molar-refractivity contribution is 5.74. The lowest BCUT2D eigenvalue weighted by atomic mass is 9.97. The van der Waals surface area contributed by atoms with Crippen LogP contribution in [0.1, 0.15) is 34.6 Å². The first-order chi connectivity index (χ1) is 10.5. The van der Waals surface area contributed by atoms with E-state index < -0.39 is 53.8 Å². The molecule has 0 bridgehead atoms. The number of esters is 3. The van der Waals surface area contributed by atoms with Crippen LogP contribution < -0.4 is 5.32 Å². The number of hydrogen-bond donors (Lipinski definition) is 2. The largest absolute Gasteiger partial charge is 0.456 e. The van der Waals surface area contributed by atoms with Crippen molar-refractivity contribution < 1.29 is 38.5 Å². The van der Waals surface area contributed by atoms with E-state index >= 15 is 0 Å². The van der Waals surface area contributed by atoms with E-state index in [2.05, 4.69) is 5.32 Å². The van der Waals surface area contributed by atoms with E-state index in [1.807, 2.05) is 0 Å². The first-order valence-corrected chi connectivity index (χ1v) is 6.98. The third-order valence-electron chi connectivity index (χ3n) is 3.41. The maximum absolute atomic E-state index is 11.4. The Hall–Kier alpha value is -2.16. The molecule has 0 unspecified atom stereocenters. The second-order valence-corrected chi connectivity index (χ2v) is 5.58. The van der Waals surface area contributed by atoms with Crippen LogP contribution in [-0.4, -0.2) is 58.9 Å². The summed E-state index contributed by atoms with van der Waals surface area (Å²) in [5, 5.41) is 13.1. The van der Waals surface area contributed by atoms with Crippen molar-refractivity contribution in [3.05, 3.63) is 0 Å². The highest BCUT2D eigenvalue weighted by atomic mass is 16.6. The molecule has 1 fully saturated rings. The van der Waals surface area contributed by atoms with Gasteiger partial charge in [0.05, 0.1) is 0 Å². The van der Waals surface area contributed by atoms with Crippen LogP contribution in [-0.2, 0) is 33.4 Å². The van der Waals surface area contributed by atoms with E-state index in [0.29, 0.717) is 0 Å². The van der Waals surface area contributed by atoms with E-state index in [9.17, 15) is 24.3 Å². The lowest BCUT2D eigenvalue weighted by Crippen LogP contribution is -2.55. The predicted octanol–water partition coefficient (Wildman–Crippen LogP) is -0.949. The monoisotopic (exact) mass is 331 g/mol. The lowest BCUT2D eigenvalue weighted by molar-refractivity contribution is -0.181. The highest BCUT2D eigenvalue weighted by Gasteiger charge is 2.63. The summed E-state index contributed by atoms with van der Waals surface area (Å²) in [6.45, 7) is 5.87. The summed E-state index contributed by atoms with van der Waals surface area (Å²) in [6.07, 6.45) is -3.78. The van der Waals surface area contributed by atoms with E-state index in [0.717, 1.165) is 20.8 Å². The van der Waals surface area contributed by atoms with Crippen LogP contribution in [0, 0.1) is 0 Å². The van der Waals surface area contributed by atoms with Gasteiger partial charge in [-0.25, -0.2) is 0 Å². The van der Waals surface area contributed by atoms with E-state index in [1.165, 1.54) is 13.8 Å². The number of carbonyl (C=O) groups is 4. The van der Waals surface area contributed by atoms with Gasteiger partial charge >= 0.3 is 17.9 Å². The topological polar surface area (TPSA) is 128 Å². The summed E-state index contributed by atoms with van der Waals surface area (Å²) < 4.78 is 15.2. The van der Waals surface area contributed by atoms with Gasteiger partial charge in [-0.3, -0.25) is 19.2 Å². The standard InChI is InChI=1S/C14H21NO8/c1-6(16)15-12-10(21-7(2)17)11(22-8(3)18)13(14(12,5)20)23-9(4)19/h10-13,20H,1-5H3,(H,15,16)/t10-,11-,12-,13-,14-/m0/s1. The molecule has 130 valence electrons. The Kier molecular flexibility index (Phi) is 5.70. The van der Waals surface area contributed by atoms with Crippen molar-refractivity contribution in [3.8, 4) is 0 Å². The van der Waals surface area contributed by atoms with Crippen molar-refractivity contribution in [1.82, 2.24) is 5.32 Å². The van der Waals surface area contributed by atoms with Crippen LogP contribution in [0.2, 0.25) is 0 Å². The minimum atomic E-state index is -1.82. The van der Waals surface area contributed by atoms with Crippen molar-refractivity contribution in [2.24, 2.45) is 0 Å². The van der Waals surface area contributed by atoms with Crippen LogP contribution >= 0.6 is 0 Å². The molecule has 5 atom stereocenters. The molecule has 1 aliphatic rings. The second-order valence-electron chi connectivity index (χ2n) is 5.58. The molecule has 2 N–H and O–H groups in total. The molecule has 0 radical (unpaired) electrons. The van der Waals surface area contributed by atoms with Gasteiger partial charge in [-0.2, -0.15) is 0 Å². The molecule has 0 spiro atoms. The van der Waals surface area contributed by atoms with Gasteiger partial charge in [0.15, 0.2) is 18.3 Å². The SMILES string of the molecule is CC(=O)N[C@H]1[C@@H](OC(C)=O)[C@H](OC(C)=O)[C@H](OC(C)=O)[C@@]1(C)O. The average molecular weight is 331 g/mol. The maximum Gasteiger partial charge on any atom is 0.303 e. The van der Waals surface area contributed by atoms with E-state index in [-0.39, 0.29) is 0 Å². The lowest BCUT2D eigenvalue weighted by Gasteiger charge is -2.31. The molecule has 9 nitrogen and oxygen atoms in total. The normalized spacial score (nSPS) is 32.8. The molecule has 9 heteroatoms. The molecule has 23 heavy (non-hydrogen) atoms. The molecule has 1 amide bonds. The Bertz CT molecular complexity index is 471. The summed E-state index contributed by atoms with van der Waals surface area (Å²) in [5.74, 6) is -2.65. The number of carbonyl (C=O) groups excluding carboxylic acids is 4. The van der Waals surface area contributed by atoms with Crippen molar-refractivity contribution >= 4 is 23.8 Å². The van der Waals surface area contributed by atoms with E-state index in [4.69, 9.17) is 14.2 Å². The molecular formula is C14H21NO8. The first-order valence-electron chi connectivity index (χ1n) is 6.98. The Morgan fingerprint density at radius 1 is 0.870 bits per heavy atom. The molecule has 0 aromatic carbocycles. The van der Waals surface area contributed by atoms with Crippen LogP contribution in [0.15, 0.2) is 0 Å². The smallest absolute Gasteiger partial charge is 0.303 e. The third-order valence-corrected chi connectivity index (χ3v) is 3.41. The minimum absolute atomic E-state index is 0.502. The van der Waals surface area contributed by atoms with Gasteiger partial charge in [0.1, 0.15) is 11.6 Å². The number of nitrogens with one attached hydrogen (secondary N) is 1. The Balaban J connectivity index is 3.30. The third kappa shape index (κ3) is 4.41. The highest BCUT2D eigenvalue weighted by Crippen LogP contribution is 2.37. The van der Waals surface area contributed by atoms with Crippen molar-refractivity contribution in [1.29, 1.82) is 0 Å². The molecule has 0 aliphatic heterocycles. The Labute approximate surface area is 133 Å². The summed E-state index contributed by atoms with van der Waals surface area (Å²) in [4.78, 5) is 45.4. The predicted molar refractivity (Wildman–Crippen MR) is 74.9 cm³/mol. The van der Waals surface area contributed by atoms with E-state index in [1.54, 1.807) is 0 Å². The number of ether oxygens (including phenoxy) is 3. The van der Waals surface area contributed by atoms with Gasteiger partial charge < -0.3 is 24.6 Å². The maximum atomic E-state index is 11.4. The van der Waals surface area contributed by atoms with Gasteiger partial charge in [0.25, 0.3) is 0 Å². The Morgan fingerprint density at radius 2 is 1.30 bits per heavy atom. The first kappa shape index (κ1) is 18.9. The van der Waals surface area contributed by atoms with Crippen LogP contribution in [0.5, 0.6) is 0 Å². The molecule has 1 aliphatic carbocycles. The zero-order chi connectivity index (χ0) is 17.9. The van der Waals surface area contributed by atoms with Gasteiger partial charge in [-0.05, 0) is 6.92 Å². The Morgan fingerprint density at radius 3 is 1.70 bits per heavy atom. The molecule has 0 saturated heterocycles. The molecule has 0 heterocycles. The van der Waals surface area contributed by atoms with Gasteiger partial charge in [-0.15, -0.1) is 0 Å². The fourth-order valence-corrected chi connectivity index (χ4v) is 2.66. The molecule has 1 rings (SSSR count). The number of aliphatic hydroxyl groups is 1. The van der Waals surface area contributed by atoms with Crippen LogP contribution in [0.4, 0.5) is 0 Å². The molecular weight excluding hydrogens is 310 g/mol. The molecule has 0 aromatic rings. The average Bonchev–Trinajstić information content (AvgIpc) is 2.51. The van der Waals surface area contributed by atoms with Crippen molar-refractivity contribution in [3.63, 3.8) is 0 Å². The van der Waals surface area contributed by atoms with Crippen molar-refractivity contribution in [2.45, 2.75) is 64.6 Å². The number of rotatable bonds is 4. The molecule has 1 saturated carbocycles. The minimum Gasteiger partial charge on any atom is -0.456 e. The van der Waals surface area contributed by atoms with Gasteiger partial charge in [0, 0.05) is 27.7 Å². The van der Waals surface area contributed by atoms with Crippen molar-refractivity contribution in [2.75, 3.05) is 0 Å². The summed E-state index contributed by atoms with van der Waals surface area (Å²) >= 11 is 0. The fraction of sp³-hybridized carbons (Fsp3) is 0.714. The number of hydrogen-bond acceptors (Lipinski definition) is 8. The number of amides is 1. The summed E-state index contributed by atoms with van der Waals surface area (Å²) in [6, 6.07) is -1.13. The zero-order valence-electron chi connectivity index (χ0n) is 13.6. The zero-order valence-corrected chi connectivity index (χ0v) is 13.6. The quantitative estimate of drug-likeness (QED) is 0.498. The summed E-state index contributed by atoms with van der Waals surface area (Å²) in [5.41, 5.74) is -1.82. The van der Waals surface area contributed by atoms with Crippen LogP contribution in [0.3, 0.4) is 0 Å². The molecule has 0 aromatic heterocycles. The van der Waals surface area contributed by atoms with Gasteiger partial charge in [0.2, 0.25) is 5.91 Å². The second kappa shape index (κ2) is 6.95. The van der Waals surface area contributed by atoms with Crippen LogP contribution in [0.25, 0.3) is 0 Å².